The first kappa shape index (κ1) is 27.9. The fourth-order valence-corrected chi connectivity index (χ4v) is 4.23. The number of likely N-dealkylation sites (tertiary alicyclic amines) is 1. The van der Waals surface area contributed by atoms with E-state index in [2.05, 4.69) is 20.4 Å². The number of hydrogen-bond acceptors (Lipinski definition) is 8. The molecule has 4 aromatic rings. The van der Waals surface area contributed by atoms with E-state index in [9.17, 15) is 26.7 Å². The fourth-order valence-electron chi connectivity index (χ4n) is 4.23. The standard InChI is InChI=1S/C26H22F5N7O3/c1-40-15-11-37(12-15)13-17-20(6-8-33-23(17)32)41-21-5-4-14(9-19(21)28)36-25(39)16-10-35-38(22(16)26(29,30)31)24-18(27)3-2-7-34-24/h2-10,15H,11-13H2,1H3,(H2,32,33)(H,36,39). The molecule has 41 heavy (non-hydrogen) atoms. The van der Waals surface area contributed by atoms with Gasteiger partial charge in [-0.2, -0.15) is 18.3 Å². The van der Waals surface area contributed by atoms with E-state index in [1.165, 1.54) is 30.5 Å². The lowest BCUT2D eigenvalue weighted by atomic mass is 10.1. The van der Waals surface area contributed by atoms with Crippen LogP contribution in [0, 0.1) is 11.6 Å². The van der Waals surface area contributed by atoms with Gasteiger partial charge in [0.25, 0.3) is 5.91 Å². The smallest absolute Gasteiger partial charge is 0.434 e. The molecule has 0 spiro atoms. The van der Waals surface area contributed by atoms with Gasteiger partial charge in [-0.05, 0) is 30.3 Å². The van der Waals surface area contributed by atoms with E-state index in [4.69, 9.17) is 15.2 Å². The predicted octanol–water partition coefficient (Wildman–Crippen LogP) is 4.42. The number of methoxy groups -OCH3 is 1. The second kappa shape index (κ2) is 11.1. The molecule has 1 aromatic carbocycles. The highest BCUT2D eigenvalue weighted by Crippen LogP contribution is 2.35. The Bertz CT molecular complexity index is 1590. The van der Waals surface area contributed by atoms with Crippen molar-refractivity contribution in [2.24, 2.45) is 0 Å². The van der Waals surface area contributed by atoms with Crippen molar-refractivity contribution in [3.05, 3.63) is 83.4 Å². The third kappa shape index (κ3) is 5.81. The van der Waals surface area contributed by atoms with Crippen molar-refractivity contribution >= 4 is 17.4 Å². The van der Waals surface area contributed by atoms with Crippen LogP contribution in [0.3, 0.4) is 0 Å². The minimum absolute atomic E-state index is 0.107. The van der Waals surface area contributed by atoms with E-state index < -0.39 is 40.8 Å². The summed E-state index contributed by atoms with van der Waals surface area (Å²) in [5.41, 5.74) is 3.95. The number of nitrogens with zero attached hydrogens (tertiary/aromatic N) is 5. The minimum atomic E-state index is -5.10. The van der Waals surface area contributed by atoms with Crippen LogP contribution in [0.4, 0.5) is 33.5 Å². The molecule has 0 saturated carbocycles. The van der Waals surface area contributed by atoms with Crippen molar-refractivity contribution in [3.8, 4) is 17.3 Å². The summed E-state index contributed by atoms with van der Waals surface area (Å²) in [5.74, 6) is -3.72. The van der Waals surface area contributed by atoms with E-state index >= 15 is 0 Å². The number of carbonyl (C=O) groups is 1. The number of anilines is 2. The Morgan fingerprint density at radius 2 is 1.88 bits per heavy atom. The molecule has 10 nitrogen and oxygen atoms in total. The zero-order valence-electron chi connectivity index (χ0n) is 21.3. The fraction of sp³-hybridized carbons (Fsp3) is 0.231. The number of amides is 1. The molecule has 0 aliphatic carbocycles. The molecule has 1 amide bonds. The zero-order chi connectivity index (χ0) is 29.3. The monoisotopic (exact) mass is 575 g/mol. The van der Waals surface area contributed by atoms with E-state index in [1.807, 2.05) is 4.90 Å². The van der Waals surface area contributed by atoms with E-state index in [0.717, 1.165) is 18.3 Å². The van der Waals surface area contributed by atoms with Gasteiger partial charge in [-0.15, -0.1) is 0 Å². The third-order valence-electron chi connectivity index (χ3n) is 6.32. The number of halogens is 5. The summed E-state index contributed by atoms with van der Waals surface area (Å²) in [4.78, 5) is 22.5. The van der Waals surface area contributed by atoms with Crippen LogP contribution in [0.15, 0.2) is 55.0 Å². The summed E-state index contributed by atoms with van der Waals surface area (Å²) in [6.45, 7) is 1.75. The summed E-state index contributed by atoms with van der Waals surface area (Å²) >= 11 is 0. The normalized spacial score (nSPS) is 14.1. The Morgan fingerprint density at radius 3 is 2.56 bits per heavy atom. The first-order valence-corrected chi connectivity index (χ1v) is 12.1. The second-order valence-electron chi connectivity index (χ2n) is 9.05. The van der Waals surface area contributed by atoms with Gasteiger partial charge in [0.05, 0.1) is 23.4 Å². The number of alkyl halides is 3. The number of pyridine rings is 2. The van der Waals surface area contributed by atoms with Crippen LogP contribution in [0.25, 0.3) is 5.82 Å². The van der Waals surface area contributed by atoms with E-state index in [-0.39, 0.29) is 33.8 Å². The molecular formula is C26H22F5N7O3. The van der Waals surface area contributed by atoms with Gasteiger partial charge in [-0.3, -0.25) is 9.69 Å². The molecule has 4 heterocycles. The minimum Gasteiger partial charge on any atom is -0.454 e. The van der Waals surface area contributed by atoms with E-state index in [1.54, 1.807) is 7.11 Å². The Labute approximate surface area is 229 Å². The van der Waals surface area contributed by atoms with Crippen LogP contribution >= 0.6 is 0 Å². The van der Waals surface area contributed by atoms with Gasteiger partial charge >= 0.3 is 6.18 Å². The van der Waals surface area contributed by atoms with Gasteiger partial charge in [0, 0.05) is 50.9 Å². The molecular weight excluding hydrogens is 553 g/mol. The number of ether oxygens (including phenoxy) is 2. The van der Waals surface area contributed by atoms with Crippen LogP contribution < -0.4 is 15.8 Å². The van der Waals surface area contributed by atoms with Crippen molar-refractivity contribution in [2.75, 3.05) is 31.2 Å². The molecule has 1 fully saturated rings. The summed E-state index contributed by atoms with van der Waals surface area (Å²) < 4.78 is 82.0. The average molecular weight is 575 g/mol. The highest BCUT2D eigenvalue weighted by molar-refractivity contribution is 6.05. The van der Waals surface area contributed by atoms with Crippen molar-refractivity contribution < 1.29 is 36.2 Å². The molecule has 0 atom stereocenters. The molecule has 0 unspecified atom stereocenters. The molecule has 3 N–H and O–H groups in total. The van der Waals surface area contributed by atoms with Gasteiger partial charge in [0.2, 0.25) is 0 Å². The molecule has 0 radical (unpaired) electrons. The quantitative estimate of drug-likeness (QED) is 0.297. The van der Waals surface area contributed by atoms with Gasteiger partial charge < -0.3 is 20.5 Å². The first-order valence-electron chi connectivity index (χ1n) is 12.1. The molecule has 15 heteroatoms. The van der Waals surface area contributed by atoms with Crippen LogP contribution in [-0.4, -0.2) is 56.9 Å². The molecule has 3 aromatic heterocycles. The molecule has 5 rings (SSSR count). The van der Waals surface area contributed by atoms with Crippen molar-refractivity contribution in [1.29, 1.82) is 0 Å². The van der Waals surface area contributed by atoms with Crippen molar-refractivity contribution in [3.63, 3.8) is 0 Å². The first-order chi connectivity index (χ1) is 19.5. The van der Waals surface area contributed by atoms with Gasteiger partial charge in [0.1, 0.15) is 11.6 Å². The Hall–Kier alpha value is -4.63. The van der Waals surface area contributed by atoms with Crippen LogP contribution in [-0.2, 0) is 17.5 Å². The average Bonchev–Trinajstić information content (AvgIpc) is 3.35. The van der Waals surface area contributed by atoms with Crippen molar-refractivity contribution in [1.82, 2.24) is 24.6 Å². The van der Waals surface area contributed by atoms with Crippen LogP contribution in [0.1, 0.15) is 21.6 Å². The molecule has 214 valence electrons. The lowest BCUT2D eigenvalue weighted by Crippen LogP contribution is -2.51. The van der Waals surface area contributed by atoms with E-state index in [0.29, 0.717) is 31.4 Å². The summed E-state index contributed by atoms with van der Waals surface area (Å²) in [6.07, 6.45) is -1.88. The summed E-state index contributed by atoms with van der Waals surface area (Å²) in [7, 11) is 1.62. The number of carbonyl (C=O) groups excluding carboxylic acids is 1. The van der Waals surface area contributed by atoms with Gasteiger partial charge in [0.15, 0.2) is 28.9 Å². The number of aromatic nitrogens is 4. The van der Waals surface area contributed by atoms with Crippen LogP contribution in [0.5, 0.6) is 11.5 Å². The highest BCUT2D eigenvalue weighted by Gasteiger charge is 2.41. The number of rotatable bonds is 8. The van der Waals surface area contributed by atoms with Crippen molar-refractivity contribution in [2.45, 2.75) is 18.8 Å². The predicted molar refractivity (Wildman–Crippen MR) is 135 cm³/mol. The molecule has 0 bridgehead atoms. The Balaban J connectivity index is 1.35. The lowest BCUT2D eigenvalue weighted by molar-refractivity contribution is -0.143. The number of hydrogen-bond donors (Lipinski definition) is 2. The molecule has 1 aliphatic rings. The van der Waals surface area contributed by atoms with Gasteiger partial charge in [-0.1, -0.05) is 0 Å². The van der Waals surface area contributed by atoms with Gasteiger partial charge in [-0.25, -0.2) is 23.4 Å². The third-order valence-corrected chi connectivity index (χ3v) is 6.32. The lowest BCUT2D eigenvalue weighted by Gasteiger charge is -2.38. The topological polar surface area (TPSA) is 120 Å². The van der Waals surface area contributed by atoms with Crippen LogP contribution in [0.2, 0.25) is 0 Å². The molecule has 1 saturated heterocycles. The number of nitrogen functional groups attached to an aromatic ring is 1. The Morgan fingerprint density at radius 1 is 1.10 bits per heavy atom. The maximum atomic E-state index is 15.0. The highest BCUT2D eigenvalue weighted by atomic mass is 19.4. The maximum absolute atomic E-state index is 15.0. The second-order valence-corrected chi connectivity index (χ2v) is 9.05. The maximum Gasteiger partial charge on any atom is 0.434 e. The summed E-state index contributed by atoms with van der Waals surface area (Å²) in [5, 5.41) is 5.73. The summed E-state index contributed by atoms with van der Waals surface area (Å²) in [6, 6.07) is 6.95. The molecule has 1 aliphatic heterocycles. The number of benzene rings is 1. The Kier molecular flexibility index (Phi) is 7.55. The zero-order valence-corrected chi connectivity index (χ0v) is 21.3. The number of nitrogens with two attached hydrogens (primary N) is 1. The largest absolute Gasteiger partial charge is 0.454 e. The number of nitrogens with one attached hydrogen (secondary N) is 1. The SMILES string of the molecule is COC1CN(Cc2c(Oc3ccc(NC(=O)c4cnn(-c5ncccc5F)c4C(F)(F)F)cc3F)ccnc2N)C1.